The Morgan fingerprint density at radius 2 is 1.67 bits per heavy atom. The van der Waals surface area contributed by atoms with E-state index in [0.29, 0.717) is 11.9 Å². The van der Waals surface area contributed by atoms with Crippen LogP contribution in [0.25, 0.3) is 27.8 Å². The van der Waals surface area contributed by atoms with E-state index in [2.05, 4.69) is 25.4 Å². The molecular formula is C25H23N7O. The van der Waals surface area contributed by atoms with Crippen LogP contribution in [0.15, 0.2) is 60.9 Å². The summed E-state index contributed by atoms with van der Waals surface area (Å²) in [6.45, 7) is 5.98. The SMILES string of the molecule is COc1ccc(-n2cc(-c3ccnc(Nc4nc(C)c5cccc(C)c5n4)n3)c(C)n2)cc1. The molecule has 0 aliphatic carbocycles. The summed E-state index contributed by atoms with van der Waals surface area (Å²) >= 11 is 0. The van der Waals surface area contributed by atoms with E-state index in [4.69, 9.17) is 9.72 Å². The van der Waals surface area contributed by atoms with E-state index in [9.17, 15) is 0 Å². The highest BCUT2D eigenvalue weighted by Gasteiger charge is 2.13. The number of nitrogens with one attached hydrogen (secondary N) is 1. The van der Waals surface area contributed by atoms with Crippen molar-refractivity contribution in [2.24, 2.45) is 0 Å². The minimum atomic E-state index is 0.427. The number of rotatable bonds is 5. The number of nitrogens with zero attached hydrogens (tertiary/aromatic N) is 6. The monoisotopic (exact) mass is 437 g/mol. The van der Waals surface area contributed by atoms with Crippen molar-refractivity contribution < 1.29 is 4.74 Å². The smallest absolute Gasteiger partial charge is 0.230 e. The fraction of sp³-hybridized carbons (Fsp3) is 0.160. The first-order valence-corrected chi connectivity index (χ1v) is 10.6. The molecule has 0 aliphatic heterocycles. The Balaban J connectivity index is 1.46. The van der Waals surface area contributed by atoms with Gasteiger partial charge in [-0.3, -0.25) is 5.32 Å². The maximum absolute atomic E-state index is 5.24. The topological polar surface area (TPSA) is 90.6 Å². The molecule has 8 heteroatoms. The number of methoxy groups -OCH3 is 1. The van der Waals surface area contributed by atoms with Gasteiger partial charge in [-0.25, -0.2) is 24.6 Å². The van der Waals surface area contributed by atoms with E-state index in [1.54, 1.807) is 13.3 Å². The fourth-order valence-electron chi connectivity index (χ4n) is 3.75. The minimum absolute atomic E-state index is 0.427. The molecule has 0 atom stereocenters. The van der Waals surface area contributed by atoms with Crippen LogP contribution in [0.3, 0.4) is 0 Å². The first-order valence-electron chi connectivity index (χ1n) is 10.6. The van der Waals surface area contributed by atoms with E-state index < -0.39 is 0 Å². The highest BCUT2D eigenvalue weighted by Crippen LogP contribution is 2.25. The third-order valence-electron chi connectivity index (χ3n) is 5.51. The molecule has 5 rings (SSSR count). The van der Waals surface area contributed by atoms with Crippen LogP contribution in [0.1, 0.15) is 17.0 Å². The summed E-state index contributed by atoms with van der Waals surface area (Å²) in [6, 6.07) is 15.7. The van der Waals surface area contributed by atoms with Crippen LogP contribution in [-0.4, -0.2) is 36.8 Å². The van der Waals surface area contributed by atoms with Crippen molar-refractivity contribution in [1.82, 2.24) is 29.7 Å². The summed E-state index contributed by atoms with van der Waals surface area (Å²) in [6.07, 6.45) is 3.68. The molecule has 164 valence electrons. The number of hydrogen-bond donors (Lipinski definition) is 1. The molecule has 3 aromatic heterocycles. The number of para-hydroxylation sites is 1. The van der Waals surface area contributed by atoms with Gasteiger partial charge in [0.2, 0.25) is 11.9 Å². The Morgan fingerprint density at radius 3 is 2.45 bits per heavy atom. The Morgan fingerprint density at radius 1 is 0.848 bits per heavy atom. The number of ether oxygens (including phenoxy) is 1. The van der Waals surface area contributed by atoms with Gasteiger partial charge in [-0.2, -0.15) is 5.10 Å². The summed E-state index contributed by atoms with van der Waals surface area (Å²) in [4.78, 5) is 18.3. The molecule has 2 aromatic carbocycles. The van der Waals surface area contributed by atoms with E-state index in [0.717, 1.165) is 50.5 Å². The number of hydrogen-bond acceptors (Lipinski definition) is 7. The molecule has 0 saturated carbocycles. The average Bonchev–Trinajstić information content (AvgIpc) is 3.22. The normalized spacial score (nSPS) is 11.0. The van der Waals surface area contributed by atoms with Crippen LogP contribution in [0.4, 0.5) is 11.9 Å². The van der Waals surface area contributed by atoms with Crippen molar-refractivity contribution >= 4 is 22.8 Å². The second kappa shape index (κ2) is 8.31. The summed E-state index contributed by atoms with van der Waals surface area (Å²) in [5, 5.41) is 8.85. The zero-order valence-electron chi connectivity index (χ0n) is 18.9. The van der Waals surface area contributed by atoms with Crippen molar-refractivity contribution in [3.05, 3.63) is 77.9 Å². The van der Waals surface area contributed by atoms with Crippen molar-refractivity contribution in [1.29, 1.82) is 0 Å². The predicted octanol–water partition coefficient (Wildman–Crippen LogP) is 4.95. The minimum Gasteiger partial charge on any atom is -0.497 e. The molecule has 3 heterocycles. The van der Waals surface area contributed by atoms with Gasteiger partial charge in [0.25, 0.3) is 0 Å². The summed E-state index contributed by atoms with van der Waals surface area (Å²) in [5.74, 6) is 1.70. The Bertz CT molecular complexity index is 1460. The second-order valence-corrected chi connectivity index (χ2v) is 7.76. The first kappa shape index (κ1) is 20.6. The lowest BCUT2D eigenvalue weighted by Gasteiger charge is -2.09. The standard InChI is InChI=1S/C25H23N7O/c1-15-6-5-7-20-16(2)27-25(29-23(15)20)30-24-26-13-12-22(28-24)21-14-32(31-17(21)3)18-8-10-19(33-4)11-9-18/h5-14H,1-4H3,(H,26,27,28,29,30). The molecular weight excluding hydrogens is 414 g/mol. The third-order valence-corrected chi connectivity index (χ3v) is 5.51. The van der Waals surface area contributed by atoms with Crippen LogP contribution in [0, 0.1) is 20.8 Å². The summed E-state index contributed by atoms with van der Waals surface area (Å²) in [7, 11) is 1.65. The molecule has 1 N–H and O–H groups in total. The maximum atomic E-state index is 5.24. The number of aryl methyl sites for hydroxylation is 3. The molecule has 33 heavy (non-hydrogen) atoms. The Kier molecular flexibility index (Phi) is 5.18. The number of benzene rings is 2. The lowest BCUT2D eigenvalue weighted by Crippen LogP contribution is -2.04. The molecule has 0 amide bonds. The molecule has 8 nitrogen and oxygen atoms in total. The maximum Gasteiger partial charge on any atom is 0.230 e. The first-order chi connectivity index (χ1) is 16.0. The summed E-state index contributed by atoms with van der Waals surface area (Å²) in [5.41, 5.74) is 6.40. The van der Waals surface area contributed by atoms with Gasteiger partial charge in [0.1, 0.15) is 5.75 Å². The van der Waals surface area contributed by atoms with Gasteiger partial charge < -0.3 is 4.74 Å². The highest BCUT2D eigenvalue weighted by molar-refractivity contribution is 5.84. The van der Waals surface area contributed by atoms with Crippen LogP contribution in [0.5, 0.6) is 5.75 Å². The number of aromatic nitrogens is 6. The largest absolute Gasteiger partial charge is 0.497 e. The van der Waals surface area contributed by atoms with E-state index in [1.807, 2.05) is 80.2 Å². The molecule has 0 unspecified atom stereocenters. The van der Waals surface area contributed by atoms with Crippen molar-refractivity contribution in [2.75, 3.05) is 12.4 Å². The van der Waals surface area contributed by atoms with Gasteiger partial charge in [0.15, 0.2) is 0 Å². The Hall–Kier alpha value is -4.33. The van der Waals surface area contributed by atoms with E-state index >= 15 is 0 Å². The summed E-state index contributed by atoms with van der Waals surface area (Å²) < 4.78 is 7.07. The van der Waals surface area contributed by atoms with Crippen LogP contribution < -0.4 is 10.1 Å². The average molecular weight is 438 g/mol. The molecule has 0 radical (unpaired) electrons. The van der Waals surface area contributed by atoms with Crippen molar-refractivity contribution in [3.8, 4) is 22.7 Å². The molecule has 0 fully saturated rings. The lowest BCUT2D eigenvalue weighted by atomic mass is 10.1. The molecule has 0 bridgehead atoms. The third kappa shape index (κ3) is 3.98. The zero-order chi connectivity index (χ0) is 22.9. The van der Waals surface area contributed by atoms with Crippen LogP contribution in [-0.2, 0) is 0 Å². The van der Waals surface area contributed by atoms with Gasteiger partial charge in [-0.1, -0.05) is 18.2 Å². The highest BCUT2D eigenvalue weighted by atomic mass is 16.5. The molecule has 0 aliphatic rings. The van der Waals surface area contributed by atoms with Crippen LogP contribution in [0.2, 0.25) is 0 Å². The van der Waals surface area contributed by atoms with Crippen molar-refractivity contribution in [3.63, 3.8) is 0 Å². The predicted molar refractivity (Wildman–Crippen MR) is 128 cm³/mol. The van der Waals surface area contributed by atoms with E-state index in [1.165, 1.54) is 0 Å². The quantitative estimate of drug-likeness (QED) is 0.416. The van der Waals surface area contributed by atoms with Gasteiger partial charge in [-0.05, 0) is 56.7 Å². The van der Waals surface area contributed by atoms with Crippen LogP contribution >= 0.6 is 0 Å². The molecule has 0 spiro atoms. The lowest BCUT2D eigenvalue weighted by molar-refractivity contribution is 0.414. The number of fused-ring (bicyclic) bond motifs is 1. The van der Waals surface area contributed by atoms with Gasteiger partial charge >= 0.3 is 0 Å². The molecule has 0 saturated heterocycles. The fourth-order valence-corrected chi connectivity index (χ4v) is 3.75. The zero-order valence-corrected chi connectivity index (χ0v) is 18.9. The van der Waals surface area contributed by atoms with Crippen molar-refractivity contribution in [2.45, 2.75) is 20.8 Å². The number of anilines is 2. The van der Waals surface area contributed by atoms with Gasteiger partial charge in [0.05, 0.1) is 35.4 Å². The van der Waals surface area contributed by atoms with Gasteiger partial charge in [0, 0.05) is 23.3 Å². The van der Waals surface area contributed by atoms with Gasteiger partial charge in [-0.15, -0.1) is 0 Å². The Labute approximate surface area is 191 Å². The second-order valence-electron chi connectivity index (χ2n) is 7.76. The molecule has 5 aromatic rings. The van der Waals surface area contributed by atoms with E-state index in [-0.39, 0.29) is 0 Å².